The maximum atomic E-state index is 13.2. The molecule has 154 valence electrons. The van der Waals surface area contributed by atoms with Gasteiger partial charge in [-0.05, 0) is 62.4 Å². The molecule has 5 rings (SSSR count). The molecule has 3 heterocycles. The van der Waals surface area contributed by atoms with E-state index < -0.39 is 0 Å². The third kappa shape index (κ3) is 3.57. The molecule has 4 aromatic rings. The first-order valence-corrected chi connectivity index (χ1v) is 12.1. The number of fused-ring (bicyclic) bond motifs is 3. The van der Waals surface area contributed by atoms with Crippen LogP contribution in [0.5, 0.6) is 0 Å². The predicted octanol–water partition coefficient (Wildman–Crippen LogP) is 5.35. The smallest absolute Gasteiger partial charge is 0.263 e. The quantitative estimate of drug-likeness (QED) is 0.296. The number of halogens is 1. The van der Waals surface area contributed by atoms with Gasteiger partial charge in [0.2, 0.25) is 11.8 Å². The summed E-state index contributed by atoms with van der Waals surface area (Å²) in [6, 6.07) is 7.26. The molecule has 0 saturated heterocycles. The molecule has 0 saturated carbocycles. The minimum Gasteiger partial charge on any atom is -0.420 e. The zero-order chi connectivity index (χ0) is 20.7. The average molecular weight is 459 g/mol. The minimum atomic E-state index is 0.0665. The second-order valence-electron chi connectivity index (χ2n) is 7.13. The monoisotopic (exact) mass is 458 g/mol. The van der Waals surface area contributed by atoms with E-state index in [9.17, 15) is 4.79 Å². The second kappa shape index (κ2) is 8.17. The van der Waals surface area contributed by atoms with E-state index in [1.54, 1.807) is 28.0 Å². The number of thioether (sulfide) groups is 1. The molecule has 0 atom stereocenters. The Morgan fingerprint density at radius 3 is 2.80 bits per heavy atom. The van der Waals surface area contributed by atoms with E-state index in [0.717, 1.165) is 35.0 Å². The van der Waals surface area contributed by atoms with E-state index in [-0.39, 0.29) is 5.56 Å². The van der Waals surface area contributed by atoms with Crippen molar-refractivity contribution in [3.63, 3.8) is 0 Å². The number of hydrogen-bond donors (Lipinski definition) is 0. The summed E-state index contributed by atoms with van der Waals surface area (Å²) in [4.78, 5) is 20.2. The lowest BCUT2D eigenvalue weighted by Crippen LogP contribution is -2.23. The maximum absolute atomic E-state index is 13.2. The minimum absolute atomic E-state index is 0.0665. The Balaban J connectivity index is 1.43. The maximum Gasteiger partial charge on any atom is 0.263 e. The van der Waals surface area contributed by atoms with Gasteiger partial charge in [-0.15, -0.1) is 21.5 Å². The molecule has 1 aliphatic rings. The van der Waals surface area contributed by atoms with Crippen molar-refractivity contribution < 1.29 is 4.42 Å². The van der Waals surface area contributed by atoms with Crippen molar-refractivity contribution in [3.05, 3.63) is 56.0 Å². The van der Waals surface area contributed by atoms with Crippen LogP contribution in [0, 0.1) is 0 Å². The molecule has 1 aromatic carbocycles. The Morgan fingerprint density at radius 1 is 1.20 bits per heavy atom. The molecule has 0 aliphatic heterocycles. The van der Waals surface area contributed by atoms with Crippen molar-refractivity contribution in [2.24, 2.45) is 0 Å². The lowest BCUT2D eigenvalue weighted by Gasteiger charge is -2.11. The number of rotatable bonds is 5. The fourth-order valence-corrected chi connectivity index (χ4v) is 6.08. The SMILES string of the molecule is CCn1c(SCc2nnc(-c3ccc(Cl)cc3)o2)nc2sc3c(c2c1=O)CCCC3. The van der Waals surface area contributed by atoms with Crippen molar-refractivity contribution in [3.8, 4) is 11.5 Å². The Kier molecular flexibility index (Phi) is 5.39. The van der Waals surface area contributed by atoms with Crippen LogP contribution in [0.2, 0.25) is 5.02 Å². The summed E-state index contributed by atoms with van der Waals surface area (Å²) in [5.41, 5.74) is 2.11. The fourth-order valence-electron chi connectivity index (χ4n) is 3.76. The number of benzene rings is 1. The molecule has 0 bridgehead atoms. The summed E-state index contributed by atoms with van der Waals surface area (Å²) in [6.07, 6.45) is 4.38. The Morgan fingerprint density at radius 2 is 2.00 bits per heavy atom. The molecule has 6 nitrogen and oxygen atoms in total. The molecular formula is C21H19ClN4O2S2. The van der Waals surface area contributed by atoms with Crippen LogP contribution in [0.1, 0.15) is 36.1 Å². The van der Waals surface area contributed by atoms with Crippen LogP contribution in [-0.4, -0.2) is 19.7 Å². The number of aromatic nitrogens is 4. The van der Waals surface area contributed by atoms with E-state index in [1.165, 1.54) is 28.6 Å². The van der Waals surface area contributed by atoms with Gasteiger partial charge in [-0.2, -0.15) is 0 Å². The van der Waals surface area contributed by atoms with Gasteiger partial charge < -0.3 is 4.42 Å². The molecule has 9 heteroatoms. The van der Waals surface area contributed by atoms with Crippen LogP contribution in [0.3, 0.4) is 0 Å². The van der Waals surface area contributed by atoms with Gasteiger partial charge in [-0.25, -0.2) is 4.98 Å². The fraction of sp³-hybridized carbons (Fsp3) is 0.333. The molecular weight excluding hydrogens is 440 g/mol. The second-order valence-corrected chi connectivity index (χ2v) is 9.59. The van der Waals surface area contributed by atoms with E-state index >= 15 is 0 Å². The number of aryl methyl sites for hydroxylation is 2. The zero-order valence-corrected chi connectivity index (χ0v) is 18.7. The highest BCUT2D eigenvalue weighted by atomic mass is 35.5. The van der Waals surface area contributed by atoms with Crippen molar-refractivity contribution in [1.29, 1.82) is 0 Å². The topological polar surface area (TPSA) is 73.8 Å². The molecule has 0 radical (unpaired) electrons. The Hall–Kier alpha value is -2.16. The first-order valence-electron chi connectivity index (χ1n) is 9.90. The Bertz CT molecular complexity index is 1280. The predicted molar refractivity (Wildman–Crippen MR) is 121 cm³/mol. The normalized spacial score (nSPS) is 13.7. The van der Waals surface area contributed by atoms with Gasteiger partial charge in [0.15, 0.2) is 5.16 Å². The van der Waals surface area contributed by atoms with Crippen LogP contribution in [0.15, 0.2) is 38.6 Å². The van der Waals surface area contributed by atoms with Crippen LogP contribution in [0.25, 0.3) is 21.7 Å². The molecule has 0 N–H and O–H groups in total. The van der Waals surface area contributed by atoms with E-state index in [4.69, 9.17) is 21.0 Å². The highest BCUT2D eigenvalue weighted by Crippen LogP contribution is 2.35. The van der Waals surface area contributed by atoms with E-state index in [2.05, 4.69) is 10.2 Å². The first-order chi connectivity index (χ1) is 14.6. The number of nitrogens with zero attached hydrogens (tertiary/aromatic N) is 4. The molecule has 3 aromatic heterocycles. The molecule has 0 amide bonds. The molecule has 0 unspecified atom stereocenters. The lowest BCUT2D eigenvalue weighted by molar-refractivity contribution is 0.527. The third-order valence-corrected chi connectivity index (χ3v) is 7.64. The van der Waals surface area contributed by atoms with Gasteiger partial charge in [0.1, 0.15) is 4.83 Å². The average Bonchev–Trinajstić information content (AvgIpc) is 3.37. The molecule has 0 fully saturated rings. The Labute approximate surface area is 186 Å². The standard InChI is InChI=1S/C21H19ClN4O2S2/c1-2-26-20(27)17-14-5-3-4-6-15(14)30-19(17)23-21(26)29-11-16-24-25-18(28-16)12-7-9-13(22)10-8-12/h7-10H,2-6,11H2,1H3. The summed E-state index contributed by atoms with van der Waals surface area (Å²) in [7, 11) is 0. The van der Waals surface area contributed by atoms with E-state index in [0.29, 0.717) is 34.3 Å². The van der Waals surface area contributed by atoms with Crippen LogP contribution >= 0.6 is 34.7 Å². The van der Waals surface area contributed by atoms with Gasteiger partial charge in [0.05, 0.1) is 11.1 Å². The van der Waals surface area contributed by atoms with Crippen molar-refractivity contribution in [2.75, 3.05) is 0 Å². The van der Waals surface area contributed by atoms with Gasteiger partial charge in [-0.1, -0.05) is 23.4 Å². The van der Waals surface area contributed by atoms with Crippen molar-refractivity contribution in [1.82, 2.24) is 19.7 Å². The largest absolute Gasteiger partial charge is 0.420 e. The van der Waals surface area contributed by atoms with Gasteiger partial charge in [-0.3, -0.25) is 9.36 Å². The third-order valence-electron chi connectivity index (χ3n) is 5.24. The van der Waals surface area contributed by atoms with Crippen molar-refractivity contribution in [2.45, 2.75) is 50.1 Å². The zero-order valence-electron chi connectivity index (χ0n) is 16.4. The van der Waals surface area contributed by atoms with Crippen molar-refractivity contribution >= 4 is 44.9 Å². The van der Waals surface area contributed by atoms with Crippen LogP contribution < -0.4 is 5.56 Å². The lowest BCUT2D eigenvalue weighted by atomic mass is 9.97. The van der Waals surface area contributed by atoms with E-state index in [1.807, 2.05) is 19.1 Å². The number of thiophene rings is 1. The summed E-state index contributed by atoms with van der Waals surface area (Å²) in [5.74, 6) is 1.39. The van der Waals surface area contributed by atoms with Gasteiger partial charge in [0, 0.05) is 22.0 Å². The highest BCUT2D eigenvalue weighted by Gasteiger charge is 2.22. The van der Waals surface area contributed by atoms with Gasteiger partial charge >= 0.3 is 0 Å². The van der Waals surface area contributed by atoms with Gasteiger partial charge in [0.25, 0.3) is 5.56 Å². The summed E-state index contributed by atoms with van der Waals surface area (Å²) in [5, 5.41) is 10.4. The van der Waals surface area contributed by atoms with Crippen LogP contribution in [-0.2, 0) is 25.1 Å². The summed E-state index contributed by atoms with van der Waals surface area (Å²) < 4.78 is 7.55. The molecule has 1 aliphatic carbocycles. The van der Waals surface area contributed by atoms with Crippen LogP contribution in [0.4, 0.5) is 0 Å². The highest BCUT2D eigenvalue weighted by molar-refractivity contribution is 7.98. The summed E-state index contributed by atoms with van der Waals surface area (Å²) >= 11 is 9.06. The summed E-state index contributed by atoms with van der Waals surface area (Å²) in [6.45, 7) is 2.55. The first kappa shape index (κ1) is 19.8. The molecule has 30 heavy (non-hydrogen) atoms. The molecule has 0 spiro atoms. The number of hydrogen-bond acceptors (Lipinski definition) is 7.